The van der Waals surface area contributed by atoms with E-state index in [-0.39, 0.29) is 24.1 Å². The van der Waals surface area contributed by atoms with Crippen LogP contribution in [0.4, 0.5) is 16.0 Å². The predicted octanol–water partition coefficient (Wildman–Crippen LogP) is 0.968. The fourth-order valence-electron chi connectivity index (χ4n) is 4.30. The van der Waals surface area contributed by atoms with Crippen molar-refractivity contribution in [1.82, 2.24) is 24.8 Å². The first kappa shape index (κ1) is 20.7. The number of fused-ring (bicyclic) bond motifs is 1. The summed E-state index contributed by atoms with van der Waals surface area (Å²) in [6.07, 6.45) is 6.56. The van der Waals surface area contributed by atoms with E-state index in [1.165, 1.54) is 10.7 Å². The van der Waals surface area contributed by atoms with Crippen LogP contribution in [0.3, 0.4) is 0 Å². The molecule has 2 aliphatic carbocycles. The van der Waals surface area contributed by atoms with Gasteiger partial charge in [-0.15, -0.1) is 0 Å². The lowest BCUT2D eigenvalue weighted by molar-refractivity contribution is 0.0570. The number of hydrogen-bond donors (Lipinski definition) is 5. The normalized spacial score (nSPS) is 29.2. The van der Waals surface area contributed by atoms with Gasteiger partial charge in [0.05, 0.1) is 24.0 Å². The smallest absolute Gasteiger partial charge is 0.256 e. The second kappa shape index (κ2) is 8.06. The maximum absolute atomic E-state index is 13.5. The van der Waals surface area contributed by atoms with Crippen LogP contribution in [-0.2, 0) is 0 Å². The minimum atomic E-state index is -1.02. The summed E-state index contributed by atoms with van der Waals surface area (Å²) in [6.45, 7) is 0. The standard InChI is InChI=1S/C21H26FN7O3/c1-23-18-9-17(26-15-3-2-6-28(21(15)32)16-8-14(16)22)27-19-13(10-24-29(18)19)20(31)25-11-4-5-12(30)7-11/h2-3,6,9-12,14,16,21,23,30,32H,4-5,7-8H2,1H3,(H,25,31)(H,26,27)/t11-,12+,14-,16?,21?/m1/s1. The zero-order valence-corrected chi connectivity index (χ0v) is 17.6. The summed E-state index contributed by atoms with van der Waals surface area (Å²) in [7, 11) is 1.73. The Balaban J connectivity index is 1.40. The third-order valence-corrected chi connectivity index (χ3v) is 6.14. The van der Waals surface area contributed by atoms with E-state index in [1.807, 2.05) is 0 Å². The number of aliphatic hydroxyl groups excluding tert-OH is 2. The van der Waals surface area contributed by atoms with Crippen LogP contribution in [0.25, 0.3) is 5.65 Å². The quantitative estimate of drug-likeness (QED) is 0.447. The van der Waals surface area contributed by atoms with Gasteiger partial charge in [-0.2, -0.15) is 9.61 Å². The number of nitrogens with one attached hydrogen (secondary N) is 3. The molecule has 1 amide bonds. The van der Waals surface area contributed by atoms with Crippen molar-refractivity contribution in [2.45, 2.75) is 56.3 Å². The van der Waals surface area contributed by atoms with E-state index < -0.39 is 12.4 Å². The summed E-state index contributed by atoms with van der Waals surface area (Å²) >= 11 is 0. The fraction of sp³-hybridized carbons (Fsp3) is 0.476. The third-order valence-electron chi connectivity index (χ3n) is 6.14. The van der Waals surface area contributed by atoms with Crippen LogP contribution in [0, 0.1) is 0 Å². The lowest BCUT2D eigenvalue weighted by Gasteiger charge is -2.31. The number of carbonyl (C=O) groups excluding carboxylic acids is 1. The molecule has 5 N–H and O–H groups in total. The zero-order valence-electron chi connectivity index (χ0n) is 17.6. The van der Waals surface area contributed by atoms with Gasteiger partial charge in [-0.3, -0.25) is 4.79 Å². The molecule has 3 aliphatic rings. The van der Waals surface area contributed by atoms with Gasteiger partial charge in [0.2, 0.25) is 0 Å². The highest BCUT2D eigenvalue weighted by Crippen LogP contribution is 2.35. The van der Waals surface area contributed by atoms with E-state index in [0.29, 0.717) is 47.8 Å². The second-order valence-electron chi connectivity index (χ2n) is 8.44. The van der Waals surface area contributed by atoms with Crippen LogP contribution in [0.5, 0.6) is 0 Å². The van der Waals surface area contributed by atoms with Gasteiger partial charge in [-0.05, 0) is 31.4 Å². The van der Waals surface area contributed by atoms with E-state index in [2.05, 4.69) is 26.0 Å². The summed E-state index contributed by atoms with van der Waals surface area (Å²) in [6, 6.07) is 1.30. The number of carbonyl (C=O) groups is 1. The van der Waals surface area contributed by atoms with Crippen molar-refractivity contribution >= 4 is 23.2 Å². The molecule has 3 heterocycles. The van der Waals surface area contributed by atoms with Crippen LogP contribution in [0.2, 0.25) is 0 Å². The lowest BCUT2D eigenvalue weighted by Crippen LogP contribution is -2.38. The van der Waals surface area contributed by atoms with Crippen molar-refractivity contribution in [2.24, 2.45) is 0 Å². The largest absolute Gasteiger partial charge is 0.393 e. The molecule has 5 rings (SSSR count). The van der Waals surface area contributed by atoms with Gasteiger partial charge in [0, 0.05) is 31.8 Å². The van der Waals surface area contributed by atoms with Crippen molar-refractivity contribution in [3.8, 4) is 0 Å². The number of anilines is 2. The summed E-state index contributed by atoms with van der Waals surface area (Å²) in [5.41, 5.74) is 1.11. The molecule has 2 fully saturated rings. The topological polar surface area (TPSA) is 127 Å². The first-order valence-electron chi connectivity index (χ1n) is 10.7. The number of rotatable bonds is 6. The molecule has 10 nitrogen and oxygen atoms in total. The van der Waals surface area contributed by atoms with Crippen molar-refractivity contribution in [3.05, 3.63) is 41.9 Å². The molecular weight excluding hydrogens is 417 g/mol. The Kier molecular flexibility index (Phi) is 5.22. The van der Waals surface area contributed by atoms with Gasteiger partial charge in [0.1, 0.15) is 23.4 Å². The van der Waals surface area contributed by atoms with Gasteiger partial charge in [0.25, 0.3) is 5.91 Å². The van der Waals surface area contributed by atoms with Gasteiger partial charge < -0.3 is 31.1 Å². The van der Waals surface area contributed by atoms with Crippen molar-refractivity contribution in [2.75, 3.05) is 17.7 Å². The maximum Gasteiger partial charge on any atom is 0.256 e. The van der Waals surface area contributed by atoms with Gasteiger partial charge in [0.15, 0.2) is 11.9 Å². The SMILES string of the molecule is CNc1cc(NC2=CC=CN(C3C[C@H]3F)C2O)nc2c(C(=O)N[C@@H]3CC[C@H](O)C3)cnn12. The highest BCUT2D eigenvalue weighted by Gasteiger charge is 2.44. The van der Waals surface area contributed by atoms with Crippen LogP contribution < -0.4 is 16.0 Å². The second-order valence-corrected chi connectivity index (χ2v) is 8.44. The van der Waals surface area contributed by atoms with Crippen LogP contribution in [-0.4, -0.2) is 73.3 Å². The lowest BCUT2D eigenvalue weighted by atomic mass is 10.2. The first-order chi connectivity index (χ1) is 15.4. The number of halogens is 1. The van der Waals surface area contributed by atoms with Gasteiger partial charge in [-0.25, -0.2) is 9.37 Å². The van der Waals surface area contributed by atoms with E-state index >= 15 is 0 Å². The van der Waals surface area contributed by atoms with Crippen molar-refractivity contribution in [1.29, 1.82) is 0 Å². The summed E-state index contributed by atoms with van der Waals surface area (Å²) in [4.78, 5) is 19.0. The molecule has 0 bridgehead atoms. The zero-order chi connectivity index (χ0) is 22.4. The molecule has 5 atom stereocenters. The minimum Gasteiger partial charge on any atom is -0.393 e. The van der Waals surface area contributed by atoms with Crippen LogP contribution >= 0.6 is 0 Å². The third kappa shape index (κ3) is 3.78. The molecule has 2 unspecified atom stereocenters. The highest BCUT2D eigenvalue weighted by atomic mass is 19.1. The predicted molar refractivity (Wildman–Crippen MR) is 116 cm³/mol. The average Bonchev–Trinajstić information content (AvgIpc) is 3.14. The Bertz CT molecular complexity index is 1100. The van der Waals surface area contributed by atoms with E-state index in [4.69, 9.17) is 0 Å². The number of allylic oxidation sites excluding steroid dienone is 2. The number of aromatic nitrogens is 3. The number of alkyl halides is 1. The van der Waals surface area contributed by atoms with E-state index in [0.717, 1.165) is 6.42 Å². The molecule has 2 aromatic heterocycles. The van der Waals surface area contributed by atoms with Crippen molar-refractivity contribution in [3.63, 3.8) is 0 Å². The molecule has 0 aromatic carbocycles. The molecule has 0 radical (unpaired) electrons. The summed E-state index contributed by atoms with van der Waals surface area (Å²) in [5.74, 6) is 0.692. The molecule has 0 saturated heterocycles. The molecule has 0 spiro atoms. The summed E-state index contributed by atoms with van der Waals surface area (Å²) < 4.78 is 15.0. The maximum atomic E-state index is 13.5. The summed E-state index contributed by atoms with van der Waals surface area (Å²) in [5, 5.41) is 33.7. The first-order valence-corrected chi connectivity index (χ1v) is 10.7. The number of aliphatic hydroxyl groups is 2. The minimum absolute atomic E-state index is 0.0837. The molecule has 32 heavy (non-hydrogen) atoms. The molecule has 1 aliphatic heterocycles. The fourth-order valence-corrected chi connectivity index (χ4v) is 4.30. The molecule has 2 aromatic rings. The van der Waals surface area contributed by atoms with Gasteiger partial charge >= 0.3 is 0 Å². The van der Waals surface area contributed by atoms with Crippen LogP contribution in [0.1, 0.15) is 36.0 Å². The Labute approximate surface area is 183 Å². The monoisotopic (exact) mass is 443 g/mol. The highest BCUT2D eigenvalue weighted by molar-refractivity contribution is 6.00. The Hall–Kier alpha value is -3.18. The van der Waals surface area contributed by atoms with Crippen LogP contribution in [0.15, 0.2) is 36.3 Å². The number of nitrogens with zero attached hydrogens (tertiary/aromatic N) is 4. The average molecular weight is 443 g/mol. The molecular formula is C21H26FN7O3. The Morgan fingerprint density at radius 1 is 1.28 bits per heavy atom. The molecule has 11 heteroatoms. The van der Waals surface area contributed by atoms with E-state index in [9.17, 15) is 19.4 Å². The van der Waals surface area contributed by atoms with Gasteiger partial charge in [-0.1, -0.05) is 0 Å². The number of amides is 1. The van der Waals surface area contributed by atoms with Crippen molar-refractivity contribution < 1.29 is 19.4 Å². The molecule has 170 valence electrons. The van der Waals surface area contributed by atoms with E-state index in [1.54, 1.807) is 36.4 Å². The number of hydrogen-bond acceptors (Lipinski definition) is 8. The molecule has 2 saturated carbocycles. The Morgan fingerprint density at radius 2 is 2.09 bits per heavy atom. The Morgan fingerprint density at radius 3 is 2.78 bits per heavy atom.